The highest BCUT2D eigenvalue weighted by atomic mass is 31.2. The predicted molar refractivity (Wildman–Crippen MR) is 189 cm³/mol. The Hall–Kier alpha value is -1.54. The van der Waals surface area contributed by atoms with E-state index in [9.17, 15) is 19.4 Å². The lowest BCUT2D eigenvalue weighted by molar-refractivity contribution is -0.870. The lowest BCUT2D eigenvalue weighted by atomic mass is 10.1. The van der Waals surface area contributed by atoms with E-state index in [1.165, 1.54) is 38.5 Å². The minimum atomic E-state index is -4.33. The van der Waals surface area contributed by atoms with Gasteiger partial charge in [0.1, 0.15) is 13.2 Å². The van der Waals surface area contributed by atoms with Gasteiger partial charge in [0, 0.05) is 6.42 Å². The summed E-state index contributed by atoms with van der Waals surface area (Å²) in [4.78, 5) is 22.9. The van der Waals surface area contributed by atoms with Crippen LogP contribution in [0.25, 0.3) is 0 Å². The summed E-state index contributed by atoms with van der Waals surface area (Å²) in [6.07, 6.45) is 33.2. The van der Waals surface area contributed by atoms with Gasteiger partial charge < -0.3 is 19.8 Å². The van der Waals surface area contributed by atoms with Crippen LogP contribution in [-0.2, 0) is 18.4 Å². The van der Waals surface area contributed by atoms with Crippen LogP contribution in [0.15, 0.2) is 48.6 Å². The Labute approximate surface area is 276 Å². The molecule has 3 atom stereocenters. The fraction of sp³-hybridized carbons (Fsp3) is 0.750. The third kappa shape index (κ3) is 30.9. The number of rotatable bonds is 30. The van der Waals surface area contributed by atoms with Crippen molar-refractivity contribution in [1.82, 2.24) is 5.32 Å². The minimum Gasteiger partial charge on any atom is -0.387 e. The van der Waals surface area contributed by atoms with Crippen LogP contribution in [-0.4, -0.2) is 73.4 Å². The van der Waals surface area contributed by atoms with Crippen LogP contribution in [0.4, 0.5) is 0 Å². The quantitative estimate of drug-likeness (QED) is 0.0310. The molecule has 0 aromatic rings. The van der Waals surface area contributed by atoms with E-state index in [0.717, 1.165) is 64.2 Å². The molecular weight excluding hydrogens is 587 g/mol. The van der Waals surface area contributed by atoms with E-state index in [1.54, 1.807) is 6.08 Å². The first-order chi connectivity index (χ1) is 21.5. The highest BCUT2D eigenvalue weighted by molar-refractivity contribution is 7.47. The maximum Gasteiger partial charge on any atom is 0.472 e. The van der Waals surface area contributed by atoms with Gasteiger partial charge in [0.15, 0.2) is 0 Å². The number of aliphatic hydroxyl groups is 1. The van der Waals surface area contributed by atoms with Gasteiger partial charge in [-0.15, -0.1) is 0 Å². The zero-order valence-corrected chi connectivity index (χ0v) is 30.2. The van der Waals surface area contributed by atoms with Crippen molar-refractivity contribution in [2.24, 2.45) is 0 Å². The average molecular weight is 656 g/mol. The number of carbonyl (C=O) groups excluding carboxylic acids is 1. The lowest BCUT2D eigenvalue weighted by Crippen LogP contribution is -2.45. The smallest absolute Gasteiger partial charge is 0.387 e. The highest BCUT2D eigenvalue weighted by Crippen LogP contribution is 2.43. The van der Waals surface area contributed by atoms with E-state index in [-0.39, 0.29) is 19.1 Å². The van der Waals surface area contributed by atoms with Gasteiger partial charge in [-0.2, -0.15) is 0 Å². The highest BCUT2D eigenvalue weighted by Gasteiger charge is 2.27. The van der Waals surface area contributed by atoms with Gasteiger partial charge in [-0.1, -0.05) is 114 Å². The first kappa shape index (κ1) is 43.5. The van der Waals surface area contributed by atoms with E-state index < -0.39 is 20.0 Å². The summed E-state index contributed by atoms with van der Waals surface area (Å²) in [7, 11) is 1.54. The first-order valence-corrected chi connectivity index (χ1v) is 19.0. The van der Waals surface area contributed by atoms with Crippen LogP contribution < -0.4 is 5.32 Å². The van der Waals surface area contributed by atoms with E-state index >= 15 is 0 Å². The van der Waals surface area contributed by atoms with E-state index in [2.05, 4.69) is 55.6 Å². The molecule has 0 aromatic carbocycles. The van der Waals surface area contributed by atoms with Crippen LogP contribution in [0.5, 0.6) is 0 Å². The average Bonchev–Trinajstić information content (AvgIpc) is 2.97. The molecule has 0 aliphatic carbocycles. The number of nitrogens with zero attached hydrogens (tertiary/aromatic N) is 1. The van der Waals surface area contributed by atoms with Crippen LogP contribution in [0.2, 0.25) is 0 Å². The van der Waals surface area contributed by atoms with Gasteiger partial charge in [-0.05, 0) is 51.4 Å². The zero-order valence-electron chi connectivity index (χ0n) is 29.3. The molecule has 8 nitrogen and oxygen atoms in total. The molecule has 0 aromatic heterocycles. The van der Waals surface area contributed by atoms with Crippen molar-refractivity contribution >= 4 is 13.7 Å². The number of phosphoric acid groups is 1. The Morgan fingerprint density at radius 2 is 1.33 bits per heavy atom. The molecule has 3 unspecified atom stereocenters. The van der Waals surface area contributed by atoms with E-state index in [4.69, 9.17) is 9.05 Å². The number of amides is 1. The predicted octanol–water partition coefficient (Wildman–Crippen LogP) is 8.57. The number of nitrogens with one attached hydrogen (secondary N) is 1. The van der Waals surface area contributed by atoms with Gasteiger partial charge in [0.2, 0.25) is 5.91 Å². The Bertz CT molecular complexity index is 881. The molecule has 1 amide bonds. The van der Waals surface area contributed by atoms with Crippen LogP contribution in [0, 0.1) is 0 Å². The van der Waals surface area contributed by atoms with Crippen LogP contribution in [0.1, 0.15) is 123 Å². The summed E-state index contributed by atoms with van der Waals surface area (Å²) in [5, 5.41) is 13.6. The molecule has 0 fully saturated rings. The summed E-state index contributed by atoms with van der Waals surface area (Å²) >= 11 is 0. The summed E-state index contributed by atoms with van der Waals surface area (Å²) in [5.41, 5.74) is 0. The van der Waals surface area contributed by atoms with Gasteiger partial charge in [0.25, 0.3) is 0 Å². The number of hydrogen-bond donors (Lipinski definition) is 3. The molecule has 0 radical (unpaired) electrons. The topological polar surface area (TPSA) is 105 Å². The fourth-order valence-electron chi connectivity index (χ4n) is 4.46. The molecule has 0 aliphatic heterocycles. The number of phosphoric ester groups is 1. The van der Waals surface area contributed by atoms with Gasteiger partial charge in [0.05, 0.1) is 39.9 Å². The molecule has 45 heavy (non-hydrogen) atoms. The van der Waals surface area contributed by atoms with Gasteiger partial charge in [-0.3, -0.25) is 13.8 Å². The third-order valence-corrected chi connectivity index (χ3v) is 8.29. The number of allylic oxidation sites excluding steroid dienone is 7. The molecule has 0 rings (SSSR count). The number of hydrogen-bond acceptors (Lipinski definition) is 5. The fourth-order valence-corrected chi connectivity index (χ4v) is 5.20. The van der Waals surface area contributed by atoms with Gasteiger partial charge in [-0.25, -0.2) is 4.57 Å². The Kier molecular flexibility index (Phi) is 27.7. The van der Waals surface area contributed by atoms with E-state index in [1.807, 2.05) is 27.2 Å². The van der Waals surface area contributed by atoms with Crippen molar-refractivity contribution in [3.63, 3.8) is 0 Å². The number of aliphatic hydroxyl groups excluding tert-OH is 1. The number of unbranched alkanes of at least 4 members (excludes halogenated alkanes) is 11. The summed E-state index contributed by atoms with van der Waals surface area (Å²) < 4.78 is 23.3. The van der Waals surface area contributed by atoms with Gasteiger partial charge >= 0.3 is 7.82 Å². The molecule has 0 saturated heterocycles. The maximum absolute atomic E-state index is 12.7. The molecule has 0 aliphatic rings. The van der Waals surface area contributed by atoms with Crippen molar-refractivity contribution in [1.29, 1.82) is 0 Å². The zero-order chi connectivity index (χ0) is 33.7. The van der Waals surface area contributed by atoms with Crippen molar-refractivity contribution in [2.75, 3.05) is 40.9 Å². The second kappa shape index (κ2) is 28.7. The monoisotopic (exact) mass is 655 g/mol. The molecule has 262 valence electrons. The standard InChI is InChI=1S/C36H67N2O6P/c1-6-8-10-12-14-16-18-19-20-22-24-26-28-30-36(40)37-34(33-44-45(41,42)43-32-31-38(3,4)5)35(39)29-27-25-23-21-17-15-13-11-9-7-2/h8,10,14,16,19-20,27,29,34-35,39H,6-7,9,11-13,15,17-18,21-26,28,30-33H2,1-5H3,(H-,37,40,41,42)/p+1/b10-8-,16-14-,20-19-,29-27+. The Morgan fingerprint density at radius 3 is 1.96 bits per heavy atom. The molecule has 3 N–H and O–H groups in total. The minimum absolute atomic E-state index is 0.0535. The molecule has 0 saturated carbocycles. The summed E-state index contributed by atoms with van der Waals surface area (Å²) in [5.74, 6) is -0.212. The Morgan fingerprint density at radius 1 is 0.778 bits per heavy atom. The second-order valence-electron chi connectivity index (χ2n) is 12.9. The van der Waals surface area contributed by atoms with Crippen molar-refractivity contribution in [3.05, 3.63) is 48.6 Å². The number of carbonyl (C=O) groups is 1. The largest absolute Gasteiger partial charge is 0.472 e. The molecule has 0 heterocycles. The second-order valence-corrected chi connectivity index (χ2v) is 14.3. The molecule has 0 spiro atoms. The SMILES string of the molecule is CC/C=C\C/C=C\C/C=C\CCCCCC(=O)NC(COP(=O)(O)OCC[N+](C)(C)C)C(O)/C=C/CCCCCCCCCC. The summed E-state index contributed by atoms with van der Waals surface area (Å²) in [6, 6.07) is -0.858. The summed E-state index contributed by atoms with van der Waals surface area (Å²) in [6.45, 7) is 4.61. The lowest BCUT2D eigenvalue weighted by Gasteiger charge is -2.25. The van der Waals surface area contributed by atoms with Crippen LogP contribution >= 0.6 is 7.82 Å². The van der Waals surface area contributed by atoms with Crippen molar-refractivity contribution in [3.8, 4) is 0 Å². The third-order valence-electron chi connectivity index (χ3n) is 7.30. The normalized spacial score (nSPS) is 15.4. The number of quaternary nitrogens is 1. The maximum atomic E-state index is 12.7. The molecule has 0 bridgehead atoms. The van der Waals surface area contributed by atoms with Crippen LogP contribution in [0.3, 0.4) is 0 Å². The first-order valence-electron chi connectivity index (χ1n) is 17.5. The molecular formula is C36H68N2O6P+. The van der Waals surface area contributed by atoms with Crippen molar-refractivity contribution in [2.45, 2.75) is 135 Å². The van der Waals surface area contributed by atoms with E-state index in [0.29, 0.717) is 17.4 Å². The molecule has 9 heteroatoms. The Balaban J connectivity index is 4.66. The van der Waals surface area contributed by atoms with Crippen molar-refractivity contribution < 1.29 is 32.9 Å². The number of likely N-dealkylation sites (N-methyl/N-ethyl adjacent to an activating group) is 1.